The first-order valence-corrected chi connectivity index (χ1v) is 7.35. The van der Waals surface area contributed by atoms with E-state index >= 15 is 0 Å². The van der Waals surface area contributed by atoms with Gasteiger partial charge >= 0.3 is 7.60 Å². The van der Waals surface area contributed by atoms with Gasteiger partial charge in [-0.15, -0.1) is 0 Å². The topological polar surface area (TPSA) is 78.7 Å². The van der Waals surface area contributed by atoms with Gasteiger partial charge in [0.25, 0.3) is 5.69 Å². The van der Waals surface area contributed by atoms with Crippen molar-refractivity contribution in [3.05, 3.63) is 39.9 Å². The summed E-state index contributed by atoms with van der Waals surface area (Å²) in [5, 5.41) is 10.5. The lowest BCUT2D eigenvalue weighted by molar-refractivity contribution is -0.384. The molecule has 0 radical (unpaired) electrons. The van der Waals surface area contributed by atoms with Gasteiger partial charge in [0.15, 0.2) is 0 Å². The summed E-state index contributed by atoms with van der Waals surface area (Å²) in [7, 11) is -3.03. The van der Waals surface area contributed by atoms with Crippen molar-refractivity contribution < 1.29 is 18.5 Å². The summed E-state index contributed by atoms with van der Waals surface area (Å²) in [6.45, 7) is 3.91. The molecule has 6 nitrogen and oxygen atoms in total. The Kier molecular flexibility index (Phi) is 5.47. The second-order valence-electron chi connectivity index (χ2n) is 3.54. The van der Waals surface area contributed by atoms with E-state index in [1.807, 2.05) is 0 Å². The van der Waals surface area contributed by atoms with Crippen molar-refractivity contribution in [2.45, 2.75) is 20.5 Å². The fraction of sp³-hybridized carbons (Fsp3) is 0.455. The molecule has 0 saturated carbocycles. The van der Waals surface area contributed by atoms with Crippen LogP contribution in [-0.2, 0) is 20.2 Å². The number of hydrogen-bond acceptors (Lipinski definition) is 5. The molecule has 1 aromatic rings. The number of nitro benzene ring substituents is 1. The molecular formula is C11H16NO5P. The van der Waals surface area contributed by atoms with Crippen LogP contribution in [0.5, 0.6) is 0 Å². The molecule has 7 heteroatoms. The Morgan fingerprint density at radius 3 is 2.28 bits per heavy atom. The number of non-ortho nitro benzene ring substituents is 1. The average Bonchev–Trinajstić information content (AvgIpc) is 2.37. The minimum absolute atomic E-state index is 0.0160. The zero-order valence-corrected chi connectivity index (χ0v) is 11.3. The van der Waals surface area contributed by atoms with E-state index < -0.39 is 12.5 Å². The van der Waals surface area contributed by atoms with E-state index in [9.17, 15) is 14.7 Å². The van der Waals surface area contributed by atoms with Crippen LogP contribution in [0.15, 0.2) is 24.3 Å². The third kappa shape index (κ3) is 4.22. The largest absolute Gasteiger partial charge is 0.330 e. The predicted molar refractivity (Wildman–Crippen MR) is 67.7 cm³/mol. The maximum absolute atomic E-state index is 12.0. The average molecular weight is 273 g/mol. The summed E-state index contributed by atoms with van der Waals surface area (Å²) in [5.41, 5.74) is 0.733. The van der Waals surface area contributed by atoms with Crippen LogP contribution < -0.4 is 0 Å². The van der Waals surface area contributed by atoms with Gasteiger partial charge < -0.3 is 9.05 Å². The lowest BCUT2D eigenvalue weighted by atomic mass is 10.2. The molecule has 0 spiro atoms. The van der Waals surface area contributed by atoms with E-state index in [-0.39, 0.29) is 12.3 Å². The first-order chi connectivity index (χ1) is 8.50. The number of rotatable bonds is 7. The van der Waals surface area contributed by atoms with E-state index in [4.69, 9.17) is 9.05 Å². The van der Waals surface area contributed by atoms with Gasteiger partial charge in [0.2, 0.25) is 0 Å². The van der Waals surface area contributed by atoms with Crippen LogP contribution in [0.3, 0.4) is 0 Å². The maximum atomic E-state index is 12.0. The Labute approximate surface area is 106 Å². The van der Waals surface area contributed by atoms with Gasteiger partial charge in [-0.05, 0) is 24.6 Å². The van der Waals surface area contributed by atoms with Crippen LogP contribution in [-0.4, -0.2) is 17.7 Å². The standard InChI is InChI=1S/C11H16NO5P/c1-3-16-18(15,4-2)17-9-10-5-7-11(8-6-10)12(13)14/h5-8H,3-4,9H2,1-2H3. The van der Waals surface area contributed by atoms with Gasteiger partial charge in [0.05, 0.1) is 18.1 Å². The minimum atomic E-state index is -3.03. The van der Waals surface area contributed by atoms with E-state index in [0.717, 1.165) is 0 Å². The zero-order valence-electron chi connectivity index (χ0n) is 10.4. The normalized spacial score (nSPS) is 14.1. The third-order valence-corrected chi connectivity index (χ3v) is 4.24. The molecule has 0 aliphatic rings. The molecule has 0 bridgehead atoms. The molecule has 0 fully saturated rings. The summed E-state index contributed by atoms with van der Waals surface area (Å²) in [6, 6.07) is 5.92. The Bertz CT molecular complexity index is 445. The molecule has 0 aromatic heterocycles. The molecular weight excluding hydrogens is 257 g/mol. The quantitative estimate of drug-likeness (QED) is 0.432. The van der Waals surface area contributed by atoms with E-state index in [2.05, 4.69) is 0 Å². The summed E-state index contributed by atoms with van der Waals surface area (Å²) in [5.74, 6) is 0. The Balaban J connectivity index is 2.63. The second kappa shape index (κ2) is 6.64. The van der Waals surface area contributed by atoms with Gasteiger partial charge in [-0.3, -0.25) is 14.7 Å². The SMILES string of the molecule is CCOP(=O)(CC)OCc1ccc([N+](=O)[O-])cc1. The van der Waals surface area contributed by atoms with Crippen LogP contribution in [0.4, 0.5) is 5.69 Å². The monoisotopic (exact) mass is 273 g/mol. The Morgan fingerprint density at radius 1 is 1.22 bits per heavy atom. The van der Waals surface area contributed by atoms with Crippen molar-refractivity contribution in [3.63, 3.8) is 0 Å². The molecule has 18 heavy (non-hydrogen) atoms. The van der Waals surface area contributed by atoms with E-state index in [1.54, 1.807) is 26.0 Å². The molecule has 0 aliphatic carbocycles. The second-order valence-corrected chi connectivity index (χ2v) is 5.91. The Morgan fingerprint density at radius 2 is 1.83 bits per heavy atom. The lowest BCUT2D eigenvalue weighted by Crippen LogP contribution is -1.99. The van der Waals surface area contributed by atoms with Crippen LogP contribution in [0.25, 0.3) is 0 Å². The van der Waals surface area contributed by atoms with Crippen LogP contribution in [0.1, 0.15) is 19.4 Å². The molecule has 100 valence electrons. The number of nitro groups is 1. The van der Waals surface area contributed by atoms with Gasteiger partial charge in [0, 0.05) is 18.3 Å². The van der Waals surface area contributed by atoms with E-state index in [0.29, 0.717) is 18.3 Å². The summed E-state index contributed by atoms with van der Waals surface area (Å²) in [4.78, 5) is 10.0. The summed E-state index contributed by atoms with van der Waals surface area (Å²) < 4.78 is 22.3. The third-order valence-electron chi connectivity index (χ3n) is 2.29. The first-order valence-electron chi connectivity index (χ1n) is 5.62. The van der Waals surface area contributed by atoms with Crippen molar-refractivity contribution in [2.75, 3.05) is 12.8 Å². The molecule has 1 unspecified atom stereocenters. The van der Waals surface area contributed by atoms with Crippen LogP contribution in [0, 0.1) is 10.1 Å². The molecule has 1 aromatic carbocycles. The highest BCUT2D eigenvalue weighted by Crippen LogP contribution is 2.48. The molecule has 0 saturated heterocycles. The molecule has 0 amide bonds. The molecule has 1 atom stereocenters. The zero-order chi connectivity index (χ0) is 13.6. The summed E-state index contributed by atoms with van der Waals surface area (Å²) >= 11 is 0. The lowest BCUT2D eigenvalue weighted by Gasteiger charge is -2.15. The summed E-state index contributed by atoms with van der Waals surface area (Å²) in [6.07, 6.45) is 0.299. The van der Waals surface area contributed by atoms with Crippen molar-refractivity contribution >= 4 is 13.3 Å². The van der Waals surface area contributed by atoms with Crippen LogP contribution >= 0.6 is 7.60 Å². The fourth-order valence-corrected chi connectivity index (χ4v) is 2.48. The molecule has 1 rings (SSSR count). The van der Waals surface area contributed by atoms with Gasteiger partial charge in [-0.2, -0.15) is 0 Å². The van der Waals surface area contributed by atoms with E-state index in [1.165, 1.54) is 12.1 Å². The highest BCUT2D eigenvalue weighted by molar-refractivity contribution is 7.53. The van der Waals surface area contributed by atoms with Gasteiger partial charge in [-0.25, -0.2) is 0 Å². The fourth-order valence-electron chi connectivity index (χ4n) is 1.30. The highest BCUT2D eigenvalue weighted by Gasteiger charge is 2.21. The molecule has 0 aliphatic heterocycles. The van der Waals surface area contributed by atoms with Crippen molar-refractivity contribution in [2.24, 2.45) is 0 Å². The first kappa shape index (κ1) is 14.8. The van der Waals surface area contributed by atoms with Crippen molar-refractivity contribution in [3.8, 4) is 0 Å². The maximum Gasteiger partial charge on any atom is 0.330 e. The van der Waals surface area contributed by atoms with Crippen molar-refractivity contribution in [1.29, 1.82) is 0 Å². The smallest absolute Gasteiger partial charge is 0.309 e. The molecule has 0 heterocycles. The minimum Gasteiger partial charge on any atom is -0.309 e. The number of hydrogen-bond donors (Lipinski definition) is 0. The van der Waals surface area contributed by atoms with Gasteiger partial charge in [-0.1, -0.05) is 6.92 Å². The Hall–Kier alpha value is -1.23. The number of benzene rings is 1. The molecule has 0 N–H and O–H groups in total. The van der Waals surface area contributed by atoms with Crippen LogP contribution in [0.2, 0.25) is 0 Å². The van der Waals surface area contributed by atoms with Gasteiger partial charge in [0.1, 0.15) is 0 Å². The number of nitrogens with zero attached hydrogens (tertiary/aromatic N) is 1. The van der Waals surface area contributed by atoms with Crippen molar-refractivity contribution in [1.82, 2.24) is 0 Å². The predicted octanol–water partition coefficient (Wildman–Crippen LogP) is 3.36. The highest BCUT2D eigenvalue weighted by atomic mass is 31.2.